The number of anilines is 2. The summed E-state index contributed by atoms with van der Waals surface area (Å²) in [5.74, 6) is -4.08. The molecule has 0 spiro atoms. The fraction of sp³-hybridized carbons (Fsp3) is 0.290. The van der Waals surface area contributed by atoms with Crippen molar-refractivity contribution in [3.8, 4) is 0 Å². The van der Waals surface area contributed by atoms with Crippen LogP contribution in [-0.2, 0) is 28.9 Å². The van der Waals surface area contributed by atoms with Crippen LogP contribution in [0.2, 0.25) is 0 Å². The van der Waals surface area contributed by atoms with Gasteiger partial charge in [-0.3, -0.25) is 24.1 Å². The molecule has 1 fully saturated rings. The number of carbonyl (C=O) groups excluding carboxylic acids is 4. The van der Waals surface area contributed by atoms with Gasteiger partial charge >= 0.3 is 0 Å². The van der Waals surface area contributed by atoms with Crippen molar-refractivity contribution in [2.75, 3.05) is 10.6 Å². The maximum absolute atomic E-state index is 14.3. The van der Waals surface area contributed by atoms with Crippen LogP contribution < -0.4 is 10.6 Å². The first kappa shape index (κ1) is 26.5. The lowest BCUT2D eigenvalue weighted by Gasteiger charge is -2.54. The van der Waals surface area contributed by atoms with Crippen LogP contribution in [0.5, 0.6) is 0 Å². The lowest BCUT2D eigenvalue weighted by atomic mass is 9.54. The molecule has 1 heterocycles. The highest BCUT2D eigenvalue weighted by atomic mass is 35.5. The third kappa shape index (κ3) is 3.50. The molecule has 2 N–H and O–H groups in total. The molecule has 7 nitrogen and oxygen atoms in total. The lowest BCUT2D eigenvalue weighted by Crippen LogP contribution is -2.57. The van der Waals surface area contributed by atoms with Crippen LogP contribution in [0.4, 0.5) is 11.4 Å². The lowest BCUT2D eigenvalue weighted by molar-refractivity contribution is -0.148. The van der Waals surface area contributed by atoms with Gasteiger partial charge in [0.1, 0.15) is 15.8 Å². The van der Waals surface area contributed by atoms with E-state index in [1.54, 1.807) is 38.1 Å². The summed E-state index contributed by atoms with van der Waals surface area (Å²) in [7, 11) is 0. The van der Waals surface area contributed by atoms with Crippen LogP contribution in [0, 0.1) is 17.8 Å². The summed E-state index contributed by atoms with van der Waals surface area (Å²) in [5.41, 5.74) is 3.87. The zero-order valence-corrected chi connectivity index (χ0v) is 23.6. The number of hydrogen-bond acceptors (Lipinski definition) is 4. The summed E-state index contributed by atoms with van der Waals surface area (Å²) in [5, 5.41) is 5.50. The molecule has 7 rings (SSSR count). The van der Waals surface area contributed by atoms with Gasteiger partial charge in [-0.15, -0.1) is 23.2 Å². The van der Waals surface area contributed by atoms with Crippen LogP contribution in [0.3, 0.4) is 0 Å². The predicted octanol–water partition coefficient (Wildman–Crippen LogP) is 5.20. The first-order valence-electron chi connectivity index (χ1n) is 13.1. The molecule has 0 unspecified atom stereocenters. The molecular weight excluding hydrogens is 549 g/mol. The third-order valence-corrected chi connectivity index (χ3v) is 9.56. The maximum atomic E-state index is 14.3. The molecule has 4 amide bonds. The number of alkyl halides is 2. The first-order valence-corrected chi connectivity index (χ1v) is 13.9. The van der Waals surface area contributed by atoms with E-state index in [0.29, 0.717) is 33.6 Å². The average molecular weight is 576 g/mol. The number of benzene rings is 3. The molecule has 0 radical (unpaired) electrons. The first-order chi connectivity index (χ1) is 19.0. The second kappa shape index (κ2) is 9.18. The molecule has 1 aliphatic heterocycles. The molecule has 40 heavy (non-hydrogen) atoms. The number of imide groups is 1. The minimum Gasteiger partial charge on any atom is -0.326 e. The predicted molar refractivity (Wildman–Crippen MR) is 153 cm³/mol. The largest absolute Gasteiger partial charge is 0.326 e. The highest BCUT2D eigenvalue weighted by Gasteiger charge is 2.73. The van der Waals surface area contributed by atoms with Gasteiger partial charge in [0.25, 0.3) is 0 Å². The molecular formula is C31H27Cl2N3O4. The monoisotopic (exact) mass is 575 g/mol. The van der Waals surface area contributed by atoms with Gasteiger partial charge in [0.2, 0.25) is 23.6 Å². The summed E-state index contributed by atoms with van der Waals surface area (Å²) < 4.78 is 0. The molecule has 1 saturated heterocycles. The molecule has 3 aliphatic carbocycles. The zero-order valence-electron chi connectivity index (χ0n) is 22.1. The van der Waals surface area contributed by atoms with Gasteiger partial charge < -0.3 is 10.6 Å². The molecule has 2 bridgehead atoms. The molecule has 9 heteroatoms. The van der Waals surface area contributed by atoms with Gasteiger partial charge in [0.15, 0.2) is 0 Å². The minimum atomic E-state index is -1.31. The van der Waals surface area contributed by atoms with Gasteiger partial charge in [0.05, 0.1) is 11.8 Å². The van der Waals surface area contributed by atoms with Crippen molar-refractivity contribution in [3.05, 3.63) is 95.1 Å². The summed E-state index contributed by atoms with van der Waals surface area (Å²) in [6.45, 7) is 4.99. The Morgan fingerprint density at radius 1 is 0.725 bits per heavy atom. The number of hydrogen-bond donors (Lipinski definition) is 2. The van der Waals surface area contributed by atoms with E-state index in [2.05, 4.69) is 10.6 Å². The summed E-state index contributed by atoms with van der Waals surface area (Å²) >= 11 is 15.0. The van der Waals surface area contributed by atoms with Crippen molar-refractivity contribution in [1.82, 2.24) is 4.90 Å². The van der Waals surface area contributed by atoms with E-state index in [-0.39, 0.29) is 5.91 Å². The smallest absolute Gasteiger partial charge is 0.247 e. The number of amides is 4. The van der Waals surface area contributed by atoms with E-state index >= 15 is 0 Å². The number of nitrogens with one attached hydrogen (secondary N) is 2. The Morgan fingerprint density at radius 3 is 1.45 bits per heavy atom. The van der Waals surface area contributed by atoms with Crippen LogP contribution in [0.1, 0.15) is 43.0 Å². The SMILES string of the molecule is CC(=O)Nc1ccc(NC(=O)[C@H](C(C)C)N2C(=O)[C@@H]3[C@H](C2=O)C2(Cl)c4ccccc4C3(Cl)c3ccccc32)cc1. The van der Waals surface area contributed by atoms with E-state index in [1.807, 2.05) is 48.5 Å². The average Bonchev–Trinajstić information content (AvgIpc) is 3.19. The van der Waals surface area contributed by atoms with Crippen molar-refractivity contribution in [3.63, 3.8) is 0 Å². The zero-order chi connectivity index (χ0) is 28.6. The number of halogens is 2. The number of rotatable bonds is 5. The van der Waals surface area contributed by atoms with Crippen LogP contribution in [0.15, 0.2) is 72.8 Å². The summed E-state index contributed by atoms with van der Waals surface area (Å²) in [6, 6.07) is 20.4. The maximum Gasteiger partial charge on any atom is 0.247 e. The van der Waals surface area contributed by atoms with Crippen molar-refractivity contribution in [2.45, 2.75) is 36.6 Å². The Labute approximate surface area is 241 Å². The fourth-order valence-electron chi connectivity index (χ4n) is 6.74. The van der Waals surface area contributed by atoms with Crippen molar-refractivity contribution in [1.29, 1.82) is 0 Å². The fourth-order valence-corrected chi connectivity index (χ4v) is 7.84. The third-order valence-electron chi connectivity index (χ3n) is 8.27. The van der Waals surface area contributed by atoms with Gasteiger partial charge in [-0.25, -0.2) is 0 Å². The Bertz CT molecular complexity index is 1460. The summed E-state index contributed by atoms with van der Waals surface area (Å²) in [4.78, 5) is 52.1. The van der Waals surface area contributed by atoms with E-state index in [9.17, 15) is 19.2 Å². The van der Waals surface area contributed by atoms with Crippen LogP contribution in [-0.4, -0.2) is 34.6 Å². The van der Waals surface area contributed by atoms with Gasteiger partial charge in [-0.2, -0.15) is 0 Å². The van der Waals surface area contributed by atoms with Crippen molar-refractivity contribution < 1.29 is 19.2 Å². The Kier molecular flexibility index (Phi) is 6.09. The molecule has 3 aromatic carbocycles. The Balaban J connectivity index is 1.40. The van der Waals surface area contributed by atoms with Gasteiger partial charge in [-0.1, -0.05) is 62.4 Å². The van der Waals surface area contributed by atoms with E-state index < -0.39 is 51.3 Å². The van der Waals surface area contributed by atoms with Crippen molar-refractivity contribution in [2.24, 2.45) is 17.8 Å². The number of nitrogens with zero attached hydrogens (tertiary/aromatic N) is 1. The molecule has 3 atom stereocenters. The second-order valence-corrected chi connectivity index (χ2v) is 12.1. The summed E-state index contributed by atoms with van der Waals surface area (Å²) in [6.07, 6.45) is 0. The quantitative estimate of drug-likeness (QED) is 0.323. The van der Waals surface area contributed by atoms with E-state index in [1.165, 1.54) is 6.92 Å². The van der Waals surface area contributed by atoms with Gasteiger partial charge in [-0.05, 0) is 52.4 Å². The van der Waals surface area contributed by atoms with Crippen LogP contribution >= 0.6 is 23.2 Å². The standard InChI is InChI=1S/C31H27Cl2N3O4/c1-16(2)26(27(38)35-19-14-12-18(13-15-19)34-17(3)37)36-28(39)24-25(29(36)40)31(33)21-9-5-4-8-20(21)30(24,32)22-10-6-7-11-23(22)31/h4-16,24-26H,1-3H3,(H,34,37)(H,35,38)/t24-,25+,26-,30?,31?/m0/s1. The highest BCUT2D eigenvalue weighted by Crippen LogP contribution is 2.69. The Morgan fingerprint density at radius 2 is 1.10 bits per heavy atom. The Hall–Kier alpha value is -3.68. The normalized spacial score (nSPS) is 26.7. The molecule has 4 aliphatic rings. The number of carbonyl (C=O) groups is 4. The molecule has 0 saturated carbocycles. The van der Waals surface area contributed by atoms with Crippen molar-refractivity contribution >= 4 is 58.2 Å². The second-order valence-electron chi connectivity index (χ2n) is 11.0. The molecule has 204 valence electrons. The molecule has 0 aromatic heterocycles. The number of likely N-dealkylation sites (tertiary alicyclic amines) is 1. The minimum absolute atomic E-state index is 0.212. The highest BCUT2D eigenvalue weighted by molar-refractivity contribution is 6.36. The van der Waals surface area contributed by atoms with E-state index in [4.69, 9.17) is 23.2 Å². The van der Waals surface area contributed by atoms with Crippen LogP contribution in [0.25, 0.3) is 0 Å². The molecule has 3 aromatic rings. The topological polar surface area (TPSA) is 95.6 Å². The van der Waals surface area contributed by atoms with Gasteiger partial charge in [0, 0.05) is 18.3 Å². The van der Waals surface area contributed by atoms with E-state index in [0.717, 1.165) is 4.90 Å².